The highest BCUT2D eigenvalue weighted by molar-refractivity contribution is 4.99. The molecule has 2 atom stereocenters. The lowest BCUT2D eigenvalue weighted by atomic mass is 9.74. The van der Waals surface area contributed by atoms with E-state index >= 15 is 0 Å². The van der Waals surface area contributed by atoms with Crippen LogP contribution in [0.15, 0.2) is 0 Å². The first-order valence-electron chi connectivity index (χ1n) is 8.20. The van der Waals surface area contributed by atoms with E-state index in [4.69, 9.17) is 5.73 Å². The molecule has 124 valence electrons. The molecule has 2 aliphatic rings. The largest absolute Gasteiger partial charge is 0.391 e. The van der Waals surface area contributed by atoms with Gasteiger partial charge in [-0.25, -0.2) is 0 Å². The van der Waals surface area contributed by atoms with Crippen LogP contribution in [0, 0.1) is 11.3 Å². The van der Waals surface area contributed by atoms with Gasteiger partial charge in [-0.2, -0.15) is 13.2 Å². The molecule has 1 saturated carbocycles. The summed E-state index contributed by atoms with van der Waals surface area (Å²) in [6.07, 6.45) is 1.09. The van der Waals surface area contributed by atoms with Crippen molar-refractivity contribution in [2.24, 2.45) is 17.1 Å². The Kier molecular flexibility index (Phi) is 4.94. The average Bonchev–Trinajstić information content (AvgIpc) is 2.59. The first-order chi connectivity index (χ1) is 9.69. The minimum Gasteiger partial charge on any atom is -0.329 e. The SMILES string of the molecule is CC1(C)CCCN(C2(CN)CCCC(C(F)(F)F)C2)CC1. The van der Waals surface area contributed by atoms with Crippen molar-refractivity contribution < 1.29 is 13.2 Å². The molecule has 5 heteroatoms. The van der Waals surface area contributed by atoms with Gasteiger partial charge in [0, 0.05) is 12.1 Å². The van der Waals surface area contributed by atoms with Crippen LogP contribution in [0.1, 0.15) is 58.8 Å². The molecule has 2 rings (SSSR count). The second-order valence-corrected chi connectivity index (χ2v) is 7.77. The Morgan fingerprint density at radius 2 is 1.81 bits per heavy atom. The molecule has 1 heterocycles. The van der Waals surface area contributed by atoms with Crippen LogP contribution < -0.4 is 5.73 Å². The van der Waals surface area contributed by atoms with Gasteiger partial charge in [0.05, 0.1) is 5.92 Å². The van der Waals surface area contributed by atoms with E-state index in [0.717, 1.165) is 38.8 Å². The van der Waals surface area contributed by atoms with Crippen LogP contribution in [0.2, 0.25) is 0 Å². The van der Waals surface area contributed by atoms with E-state index in [1.807, 2.05) is 0 Å². The maximum atomic E-state index is 13.1. The fraction of sp³-hybridized carbons (Fsp3) is 1.00. The molecule has 0 spiro atoms. The monoisotopic (exact) mass is 306 g/mol. The zero-order valence-corrected chi connectivity index (χ0v) is 13.3. The highest BCUT2D eigenvalue weighted by Crippen LogP contribution is 2.45. The van der Waals surface area contributed by atoms with E-state index in [0.29, 0.717) is 18.4 Å². The maximum absolute atomic E-state index is 13.1. The molecule has 1 aliphatic heterocycles. The first-order valence-corrected chi connectivity index (χ1v) is 8.20. The Hall–Kier alpha value is -0.290. The molecule has 2 nitrogen and oxygen atoms in total. The zero-order valence-electron chi connectivity index (χ0n) is 13.3. The van der Waals surface area contributed by atoms with Crippen molar-refractivity contribution in [3.05, 3.63) is 0 Å². The summed E-state index contributed by atoms with van der Waals surface area (Å²) >= 11 is 0. The van der Waals surface area contributed by atoms with Gasteiger partial charge in [-0.1, -0.05) is 20.3 Å². The summed E-state index contributed by atoms with van der Waals surface area (Å²) in [5.41, 5.74) is 5.85. The van der Waals surface area contributed by atoms with Crippen molar-refractivity contribution in [1.29, 1.82) is 0 Å². The Morgan fingerprint density at radius 3 is 2.43 bits per heavy atom. The molecule has 0 aromatic rings. The molecular weight excluding hydrogens is 277 g/mol. The predicted molar refractivity (Wildman–Crippen MR) is 79.0 cm³/mol. The maximum Gasteiger partial charge on any atom is 0.391 e. The summed E-state index contributed by atoms with van der Waals surface area (Å²) < 4.78 is 39.4. The first kappa shape index (κ1) is 17.1. The molecule has 0 radical (unpaired) electrons. The predicted octanol–water partition coefficient (Wildman–Crippen LogP) is 3.95. The topological polar surface area (TPSA) is 29.3 Å². The van der Waals surface area contributed by atoms with Gasteiger partial charge in [-0.15, -0.1) is 0 Å². The number of hydrogen-bond acceptors (Lipinski definition) is 2. The van der Waals surface area contributed by atoms with E-state index < -0.39 is 17.6 Å². The third-order valence-electron chi connectivity index (χ3n) is 5.67. The quantitative estimate of drug-likeness (QED) is 0.837. The fourth-order valence-electron chi connectivity index (χ4n) is 4.12. The highest BCUT2D eigenvalue weighted by atomic mass is 19.4. The molecule has 2 fully saturated rings. The van der Waals surface area contributed by atoms with Gasteiger partial charge in [0.2, 0.25) is 0 Å². The number of nitrogens with two attached hydrogens (primary N) is 1. The minimum atomic E-state index is -4.08. The Bertz CT molecular complexity index is 354. The van der Waals surface area contributed by atoms with Gasteiger partial charge in [0.1, 0.15) is 0 Å². The number of halogens is 3. The normalized spacial score (nSPS) is 35.4. The molecule has 0 aromatic heterocycles. The van der Waals surface area contributed by atoms with Crippen molar-refractivity contribution in [3.63, 3.8) is 0 Å². The van der Waals surface area contributed by atoms with Gasteiger partial charge in [0.25, 0.3) is 0 Å². The molecular formula is C16H29F3N2. The second kappa shape index (κ2) is 6.07. The smallest absolute Gasteiger partial charge is 0.329 e. The van der Waals surface area contributed by atoms with Gasteiger partial charge >= 0.3 is 6.18 Å². The van der Waals surface area contributed by atoms with Crippen LogP contribution in [0.5, 0.6) is 0 Å². The third-order valence-corrected chi connectivity index (χ3v) is 5.67. The highest BCUT2D eigenvalue weighted by Gasteiger charge is 2.49. The molecule has 0 bridgehead atoms. The van der Waals surface area contributed by atoms with Crippen LogP contribution >= 0.6 is 0 Å². The number of nitrogens with zero attached hydrogens (tertiary/aromatic N) is 1. The summed E-state index contributed by atoms with van der Waals surface area (Å²) in [5, 5.41) is 0. The summed E-state index contributed by atoms with van der Waals surface area (Å²) in [4.78, 5) is 2.29. The van der Waals surface area contributed by atoms with Crippen molar-refractivity contribution in [1.82, 2.24) is 4.90 Å². The van der Waals surface area contributed by atoms with E-state index in [9.17, 15) is 13.2 Å². The van der Waals surface area contributed by atoms with Gasteiger partial charge < -0.3 is 5.73 Å². The molecule has 1 saturated heterocycles. The summed E-state index contributed by atoms with van der Waals surface area (Å²) in [7, 11) is 0. The lowest BCUT2D eigenvalue weighted by Crippen LogP contribution is -2.58. The van der Waals surface area contributed by atoms with E-state index in [1.165, 1.54) is 0 Å². The zero-order chi connectivity index (χ0) is 15.7. The standard InChI is InChI=1S/C16H29F3N2/c1-14(2)6-4-9-21(10-8-14)15(12-20)7-3-5-13(11-15)16(17,18)19/h13H,3-12,20H2,1-2H3. The number of likely N-dealkylation sites (tertiary alicyclic amines) is 1. The summed E-state index contributed by atoms with van der Waals surface area (Å²) in [6.45, 7) is 6.63. The number of alkyl halides is 3. The number of hydrogen-bond donors (Lipinski definition) is 1. The fourth-order valence-corrected chi connectivity index (χ4v) is 4.12. The number of rotatable bonds is 2. The van der Waals surface area contributed by atoms with Crippen molar-refractivity contribution in [2.45, 2.75) is 70.5 Å². The minimum absolute atomic E-state index is 0.188. The molecule has 21 heavy (non-hydrogen) atoms. The molecule has 0 amide bonds. The van der Waals surface area contributed by atoms with Crippen molar-refractivity contribution >= 4 is 0 Å². The van der Waals surface area contributed by atoms with E-state index in [-0.39, 0.29) is 12.8 Å². The lowest BCUT2D eigenvalue weighted by molar-refractivity contribution is -0.193. The summed E-state index contributed by atoms with van der Waals surface area (Å²) in [6, 6.07) is 0. The van der Waals surface area contributed by atoms with Crippen LogP contribution in [0.4, 0.5) is 13.2 Å². The van der Waals surface area contributed by atoms with E-state index in [2.05, 4.69) is 18.7 Å². The van der Waals surface area contributed by atoms with Gasteiger partial charge in [-0.3, -0.25) is 4.90 Å². The third kappa shape index (κ3) is 3.92. The second-order valence-electron chi connectivity index (χ2n) is 7.77. The average molecular weight is 306 g/mol. The van der Waals surface area contributed by atoms with Gasteiger partial charge in [0.15, 0.2) is 0 Å². The van der Waals surface area contributed by atoms with Crippen LogP contribution in [-0.2, 0) is 0 Å². The molecule has 2 unspecified atom stereocenters. The van der Waals surface area contributed by atoms with Crippen molar-refractivity contribution in [3.8, 4) is 0 Å². The van der Waals surface area contributed by atoms with E-state index in [1.54, 1.807) is 0 Å². The summed E-state index contributed by atoms with van der Waals surface area (Å²) in [5.74, 6) is -1.17. The molecule has 2 N–H and O–H groups in total. The van der Waals surface area contributed by atoms with Crippen LogP contribution in [0.25, 0.3) is 0 Å². The van der Waals surface area contributed by atoms with Crippen LogP contribution in [0.3, 0.4) is 0 Å². The Balaban J connectivity index is 2.13. The van der Waals surface area contributed by atoms with Gasteiger partial charge in [-0.05, 0) is 57.0 Å². The van der Waals surface area contributed by atoms with Crippen molar-refractivity contribution in [2.75, 3.05) is 19.6 Å². The Labute approximate surface area is 126 Å². The molecule has 0 aromatic carbocycles. The van der Waals surface area contributed by atoms with Crippen LogP contribution in [-0.4, -0.2) is 36.2 Å². The molecule has 1 aliphatic carbocycles. The Morgan fingerprint density at radius 1 is 1.10 bits per heavy atom. The lowest BCUT2D eigenvalue weighted by Gasteiger charge is -2.48.